The van der Waals surface area contributed by atoms with Gasteiger partial charge in [0.15, 0.2) is 17.3 Å². The lowest BCUT2D eigenvalue weighted by atomic mass is 9.97. The van der Waals surface area contributed by atoms with Gasteiger partial charge in [0.25, 0.3) is 0 Å². The van der Waals surface area contributed by atoms with Crippen LogP contribution in [0.3, 0.4) is 0 Å². The molecule has 37 heavy (non-hydrogen) atoms. The van der Waals surface area contributed by atoms with Crippen LogP contribution in [0.4, 0.5) is 11.5 Å². The number of benzene rings is 1. The second-order valence-corrected chi connectivity index (χ2v) is 9.19. The molecular formula is C25H32N6O6. The number of fused-ring (bicyclic) bond motifs is 1. The third kappa shape index (κ3) is 6.05. The van der Waals surface area contributed by atoms with E-state index in [4.69, 9.17) is 19.9 Å². The van der Waals surface area contributed by atoms with Gasteiger partial charge in [-0.3, -0.25) is 5.43 Å². The van der Waals surface area contributed by atoms with Crippen molar-refractivity contribution in [3.8, 4) is 11.5 Å². The number of nitrogen functional groups attached to an aromatic ring is 1. The van der Waals surface area contributed by atoms with Crippen LogP contribution in [-0.2, 0) is 11.2 Å². The molecule has 1 aromatic heterocycles. The average molecular weight is 513 g/mol. The molecule has 1 aromatic carbocycles. The van der Waals surface area contributed by atoms with Gasteiger partial charge in [0, 0.05) is 6.42 Å². The summed E-state index contributed by atoms with van der Waals surface area (Å²) >= 11 is 0. The molecule has 2 aliphatic rings. The maximum absolute atomic E-state index is 10.6. The number of hydrogen-bond donors (Lipinski definition) is 5. The molecule has 2 aromatic rings. The van der Waals surface area contributed by atoms with Crippen LogP contribution in [0.15, 0.2) is 46.3 Å². The lowest BCUT2D eigenvalue weighted by Crippen LogP contribution is -2.34. The summed E-state index contributed by atoms with van der Waals surface area (Å²) in [6, 6.07) is 5.47. The molecule has 4 atom stereocenters. The normalized spacial score (nSPS) is 23.4. The Hall–Kier alpha value is -3.58. The van der Waals surface area contributed by atoms with Crippen molar-refractivity contribution in [1.82, 2.24) is 15.4 Å². The Bertz CT molecular complexity index is 1200. The van der Waals surface area contributed by atoms with Crippen molar-refractivity contribution < 1.29 is 29.5 Å². The zero-order valence-electron chi connectivity index (χ0n) is 20.9. The molecule has 0 spiro atoms. The molecule has 0 saturated carbocycles. The highest BCUT2D eigenvalue weighted by Gasteiger charge is 2.44. The summed E-state index contributed by atoms with van der Waals surface area (Å²) < 4.78 is 17.0. The van der Waals surface area contributed by atoms with Crippen molar-refractivity contribution in [3.63, 3.8) is 0 Å². The minimum Gasteiger partial charge on any atom is -0.493 e. The Labute approximate surface area is 214 Å². The second kappa shape index (κ2) is 11.6. The summed E-state index contributed by atoms with van der Waals surface area (Å²) in [5, 5.41) is 34.6. The number of aliphatic hydroxyl groups is 3. The van der Waals surface area contributed by atoms with Gasteiger partial charge in [-0.05, 0) is 41.3 Å². The van der Waals surface area contributed by atoms with Gasteiger partial charge in [0.2, 0.25) is 0 Å². The minimum absolute atomic E-state index is 0.186. The van der Waals surface area contributed by atoms with Gasteiger partial charge in [-0.15, -0.1) is 0 Å². The number of nitrogens with zero attached hydrogens (tertiary/aromatic N) is 4. The highest BCUT2D eigenvalue weighted by atomic mass is 16.6. The van der Waals surface area contributed by atoms with Gasteiger partial charge >= 0.3 is 0 Å². The van der Waals surface area contributed by atoms with Gasteiger partial charge in [-0.25, -0.2) is 15.0 Å². The molecule has 1 fully saturated rings. The number of amidine groups is 1. The van der Waals surface area contributed by atoms with Crippen LogP contribution in [0, 0.1) is 5.92 Å². The van der Waals surface area contributed by atoms with Crippen LogP contribution >= 0.6 is 0 Å². The van der Waals surface area contributed by atoms with E-state index in [9.17, 15) is 15.3 Å². The lowest BCUT2D eigenvalue weighted by molar-refractivity contribution is -0.0142. The van der Waals surface area contributed by atoms with E-state index < -0.39 is 31.0 Å². The van der Waals surface area contributed by atoms with E-state index in [1.54, 1.807) is 25.5 Å². The molecular weight excluding hydrogens is 480 g/mol. The highest BCUT2D eigenvalue weighted by molar-refractivity contribution is 5.98. The number of anilines is 1. The van der Waals surface area contributed by atoms with Crippen LogP contribution < -0.4 is 20.6 Å². The third-order valence-corrected chi connectivity index (χ3v) is 5.91. The topological polar surface area (TPSA) is 177 Å². The van der Waals surface area contributed by atoms with Gasteiger partial charge in [0.05, 0.1) is 32.2 Å². The summed E-state index contributed by atoms with van der Waals surface area (Å²) in [7, 11) is 1.57. The molecule has 2 aliphatic heterocycles. The van der Waals surface area contributed by atoms with Crippen molar-refractivity contribution >= 4 is 23.6 Å². The zero-order chi connectivity index (χ0) is 26.5. The number of aliphatic hydroxyl groups excluding tert-OH is 3. The second-order valence-electron chi connectivity index (χ2n) is 9.19. The van der Waals surface area contributed by atoms with Crippen molar-refractivity contribution in [2.75, 3.05) is 26.1 Å². The molecule has 4 rings (SSSR count). The smallest absolute Gasteiger partial charge is 0.161 e. The number of hydrazone groups is 1. The summed E-state index contributed by atoms with van der Waals surface area (Å²) in [5.74, 6) is 2.10. The first kappa shape index (κ1) is 26.5. The summed E-state index contributed by atoms with van der Waals surface area (Å²) in [6.45, 7) is 4.28. The SMILES string of the molecule is COc1cc(/C=N/NC2=Nc3c(N)ncnc3CC(C3OC(CO)C(O)C3O)=C2)ccc1OCC(C)C. The van der Waals surface area contributed by atoms with Gasteiger partial charge in [-0.2, -0.15) is 5.10 Å². The standard InChI is InChI=1S/C25H32N6O6/c1-13(2)11-36-17-5-4-14(6-18(17)35-3)9-29-31-20-8-15(24-23(34)22(33)19(10-32)37-24)7-16-21(30-20)25(26)28-12-27-16/h4-6,8-9,12-13,19,22-24,32-34H,7,10-11H2,1-3H3,(H,30,31)(H2,26,27,28)/b29-9+. The fraction of sp³-hybridized carbons (Fsp3) is 0.440. The predicted octanol–water partition coefficient (Wildman–Crippen LogP) is 0.720. The number of ether oxygens (including phenoxy) is 3. The maximum Gasteiger partial charge on any atom is 0.161 e. The van der Waals surface area contributed by atoms with Crippen molar-refractivity contribution in [3.05, 3.63) is 47.4 Å². The molecule has 6 N–H and O–H groups in total. The minimum atomic E-state index is -1.24. The Morgan fingerprint density at radius 1 is 1.24 bits per heavy atom. The van der Waals surface area contributed by atoms with E-state index in [1.807, 2.05) is 12.1 Å². The Kier molecular flexibility index (Phi) is 8.34. The predicted molar refractivity (Wildman–Crippen MR) is 137 cm³/mol. The van der Waals surface area contributed by atoms with Gasteiger partial charge < -0.3 is 35.3 Å². The monoisotopic (exact) mass is 512 g/mol. The Balaban J connectivity index is 1.58. The third-order valence-electron chi connectivity index (χ3n) is 5.91. The average Bonchev–Trinajstić information content (AvgIpc) is 3.05. The molecule has 0 aliphatic carbocycles. The molecule has 198 valence electrons. The summed E-state index contributed by atoms with van der Waals surface area (Å²) in [4.78, 5) is 12.8. The molecule has 12 heteroatoms. The van der Waals surface area contributed by atoms with Crippen LogP contribution in [0.25, 0.3) is 0 Å². The van der Waals surface area contributed by atoms with E-state index >= 15 is 0 Å². The van der Waals surface area contributed by atoms with E-state index in [2.05, 4.69) is 39.3 Å². The van der Waals surface area contributed by atoms with Crippen LogP contribution in [0.2, 0.25) is 0 Å². The van der Waals surface area contributed by atoms with Gasteiger partial charge in [0.1, 0.15) is 42.3 Å². The number of aliphatic imine (C=N–C) groups is 1. The number of nitrogens with one attached hydrogen (secondary N) is 1. The quantitative estimate of drug-likeness (QED) is 0.250. The maximum atomic E-state index is 10.6. The van der Waals surface area contributed by atoms with E-state index in [-0.39, 0.29) is 12.2 Å². The van der Waals surface area contributed by atoms with E-state index in [0.717, 1.165) is 5.56 Å². The largest absolute Gasteiger partial charge is 0.493 e. The molecule has 4 unspecified atom stereocenters. The zero-order valence-corrected chi connectivity index (χ0v) is 20.9. The van der Waals surface area contributed by atoms with Crippen LogP contribution in [0.1, 0.15) is 25.1 Å². The molecule has 0 radical (unpaired) electrons. The van der Waals surface area contributed by atoms with E-state index in [0.29, 0.717) is 46.8 Å². The number of hydrogen-bond acceptors (Lipinski definition) is 12. The Morgan fingerprint density at radius 2 is 2.05 bits per heavy atom. The first-order valence-corrected chi connectivity index (χ1v) is 11.9. The first-order valence-electron chi connectivity index (χ1n) is 11.9. The van der Waals surface area contributed by atoms with Crippen molar-refractivity contribution in [2.24, 2.45) is 16.0 Å². The summed E-state index contributed by atoms with van der Waals surface area (Å²) in [5.41, 5.74) is 11.2. The van der Waals surface area contributed by atoms with E-state index in [1.165, 1.54) is 6.33 Å². The lowest BCUT2D eigenvalue weighted by Gasteiger charge is -2.18. The number of rotatable bonds is 8. The fourth-order valence-electron chi connectivity index (χ4n) is 4.01. The fourth-order valence-corrected chi connectivity index (χ4v) is 4.01. The van der Waals surface area contributed by atoms with Crippen LogP contribution in [0.5, 0.6) is 11.5 Å². The Morgan fingerprint density at radius 3 is 2.76 bits per heavy atom. The number of nitrogens with two attached hydrogens (primary N) is 1. The number of methoxy groups -OCH3 is 1. The summed E-state index contributed by atoms with van der Waals surface area (Å²) in [6.07, 6.45) is 0.552. The highest BCUT2D eigenvalue weighted by Crippen LogP contribution is 2.33. The van der Waals surface area contributed by atoms with Crippen molar-refractivity contribution in [2.45, 2.75) is 44.7 Å². The molecule has 1 saturated heterocycles. The molecule has 0 amide bonds. The van der Waals surface area contributed by atoms with Gasteiger partial charge in [-0.1, -0.05) is 13.8 Å². The van der Waals surface area contributed by atoms with Crippen LogP contribution in [-0.4, -0.2) is 82.1 Å². The van der Waals surface area contributed by atoms with Crippen molar-refractivity contribution in [1.29, 1.82) is 0 Å². The molecule has 0 bridgehead atoms. The first-order chi connectivity index (χ1) is 17.8. The molecule has 3 heterocycles. The number of aromatic nitrogens is 2. The molecule has 12 nitrogen and oxygen atoms in total.